The zero-order valence-electron chi connectivity index (χ0n) is 11.1. The van der Waals surface area contributed by atoms with Crippen molar-refractivity contribution in [2.45, 2.75) is 18.9 Å². The van der Waals surface area contributed by atoms with E-state index in [1.807, 2.05) is 24.3 Å². The molecule has 0 radical (unpaired) electrons. The van der Waals surface area contributed by atoms with Gasteiger partial charge in [-0.1, -0.05) is 41.9 Å². The summed E-state index contributed by atoms with van der Waals surface area (Å²) in [4.78, 5) is 0. The lowest BCUT2D eigenvalue weighted by molar-refractivity contribution is 0.174. The van der Waals surface area contributed by atoms with Crippen molar-refractivity contribution in [2.24, 2.45) is 0 Å². The molecule has 0 saturated carbocycles. The Morgan fingerprint density at radius 3 is 2.50 bits per heavy atom. The molecule has 1 atom stereocenters. The number of aliphatic hydroxyl groups excluding tert-OH is 1. The van der Waals surface area contributed by atoms with Crippen LogP contribution in [0.1, 0.15) is 11.1 Å². The minimum absolute atomic E-state index is 0.0755. The van der Waals surface area contributed by atoms with Gasteiger partial charge in [0.1, 0.15) is 11.6 Å². The monoisotopic (exact) mass is 294 g/mol. The van der Waals surface area contributed by atoms with Crippen LogP contribution in [0, 0.1) is 5.82 Å². The first kappa shape index (κ1) is 14.8. The van der Waals surface area contributed by atoms with Crippen LogP contribution >= 0.6 is 11.6 Å². The Balaban J connectivity index is 2.09. The van der Waals surface area contributed by atoms with Gasteiger partial charge in [-0.05, 0) is 23.3 Å². The van der Waals surface area contributed by atoms with E-state index in [0.717, 1.165) is 11.3 Å². The fourth-order valence-corrected chi connectivity index (χ4v) is 2.36. The molecule has 4 heteroatoms. The van der Waals surface area contributed by atoms with Crippen molar-refractivity contribution in [3.05, 3.63) is 64.4 Å². The number of halogens is 2. The quantitative estimate of drug-likeness (QED) is 0.912. The maximum atomic E-state index is 13.3. The second-order valence-corrected chi connectivity index (χ2v) is 4.96. The highest BCUT2D eigenvalue weighted by Gasteiger charge is 2.13. The molecule has 0 aromatic heterocycles. The number of ether oxygens (including phenoxy) is 1. The van der Waals surface area contributed by atoms with E-state index < -0.39 is 11.9 Å². The third-order valence-electron chi connectivity index (χ3n) is 3.14. The zero-order chi connectivity index (χ0) is 14.5. The maximum absolute atomic E-state index is 13.3. The molecule has 106 valence electrons. The van der Waals surface area contributed by atoms with Crippen LogP contribution in [0.4, 0.5) is 4.39 Å². The van der Waals surface area contributed by atoms with Gasteiger partial charge in [0.15, 0.2) is 0 Å². The Bertz CT molecular complexity index is 586. The van der Waals surface area contributed by atoms with Crippen molar-refractivity contribution in [1.29, 1.82) is 0 Å². The van der Waals surface area contributed by atoms with E-state index in [1.54, 1.807) is 19.2 Å². The molecule has 0 amide bonds. The average Bonchev–Trinajstić information content (AvgIpc) is 2.44. The zero-order valence-corrected chi connectivity index (χ0v) is 11.9. The van der Waals surface area contributed by atoms with E-state index in [4.69, 9.17) is 16.3 Å². The van der Waals surface area contributed by atoms with Crippen LogP contribution in [0.25, 0.3) is 0 Å². The largest absolute Gasteiger partial charge is 0.496 e. The molecule has 0 saturated heterocycles. The second kappa shape index (κ2) is 6.73. The first-order valence-corrected chi connectivity index (χ1v) is 6.72. The molecule has 0 aliphatic heterocycles. The fraction of sp³-hybridized carbons (Fsp3) is 0.250. The lowest BCUT2D eigenvalue weighted by atomic mass is 10.0. The predicted molar refractivity (Wildman–Crippen MR) is 77.8 cm³/mol. The van der Waals surface area contributed by atoms with E-state index in [-0.39, 0.29) is 5.02 Å². The Morgan fingerprint density at radius 2 is 1.75 bits per heavy atom. The summed E-state index contributed by atoms with van der Waals surface area (Å²) in [7, 11) is 1.59. The van der Waals surface area contributed by atoms with Crippen molar-refractivity contribution < 1.29 is 14.2 Å². The molecule has 0 aliphatic rings. The summed E-state index contributed by atoms with van der Waals surface area (Å²) in [6, 6.07) is 12.1. The van der Waals surface area contributed by atoms with Crippen molar-refractivity contribution in [1.82, 2.24) is 0 Å². The SMILES string of the molecule is COc1ccccc1CC(O)Cc1cccc(F)c1Cl. The fourth-order valence-electron chi connectivity index (χ4n) is 2.16. The molecule has 2 aromatic rings. The van der Waals surface area contributed by atoms with Crippen LogP contribution < -0.4 is 4.74 Å². The summed E-state index contributed by atoms with van der Waals surface area (Å²) in [5, 5.41) is 10.2. The number of benzene rings is 2. The van der Waals surface area contributed by atoms with Gasteiger partial charge in [-0.15, -0.1) is 0 Å². The van der Waals surface area contributed by atoms with Gasteiger partial charge in [0.05, 0.1) is 18.2 Å². The lowest BCUT2D eigenvalue weighted by Gasteiger charge is -2.14. The van der Waals surface area contributed by atoms with Gasteiger partial charge in [-0.3, -0.25) is 0 Å². The van der Waals surface area contributed by atoms with E-state index in [0.29, 0.717) is 18.4 Å². The molecular weight excluding hydrogens is 279 g/mol. The molecule has 0 fully saturated rings. The number of aliphatic hydroxyl groups is 1. The Hall–Kier alpha value is -1.58. The average molecular weight is 295 g/mol. The second-order valence-electron chi connectivity index (χ2n) is 4.59. The third kappa shape index (κ3) is 3.50. The van der Waals surface area contributed by atoms with Gasteiger partial charge in [-0.2, -0.15) is 0 Å². The Morgan fingerprint density at radius 1 is 1.10 bits per heavy atom. The van der Waals surface area contributed by atoms with E-state index in [9.17, 15) is 9.50 Å². The van der Waals surface area contributed by atoms with Crippen LogP contribution in [0.3, 0.4) is 0 Å². The Labute approximate surface area is 122 Å². The van der Waals surface area contributed by atoms with Crippen molar-refractivity contribution in [3.8, 4) is 5.75 Å². The van der Waals surface area contributed by atoms with Gasteiger partial charge < -0.3 is 9.84 Å². The predicted octanol–water partition coefficient (Wildman–Crippen LogP) is 3.63. The molecule has 2 rings (SSSR count). The van der Waals surface area contributed by atoms with Crippen LogP contribution in [0.15, 0.2) is 42.5 Å². The molecule has 0 aliphatic carbocycles. The van der Waals surface area contributed by atoms with Gasteiger partial charge in [-0.25, -0.2) is 4.39 Å². The molecule has 0 spiro atoms. The molecule has 2 aromatic carbocycles. The number of hydrogen-bond donors (Lipinski definition) is 1. The molecule has 20 heavy (non-hydrogen) atoms. The van der Waals surface area contributed by atoms with Crippen LogP contribution in [-0.2, 0) is 12.8 Å². The molecule has 1 unspecified atom stereocenters. The first-order chi connectivity index (χ1) is 9.61. The van der Waals surface area contributed by atoms with Crippen molar-refractivity contribution in [2.75, 3.05) is 7.11 Å². The van der Waals surface area contributed by atoms with Crippen molar-refractivity contribution >= 4 is 11.6 Å². The standard InChI is InChI=1S/C16H16ClFO2/c1-20-15-8-3-2-5-11(15)9-13(19)10-12-6-4-7-14(18)16(12)17/h2-8,13,19H,9-10H2,1H3. The number of methoxy groups -OCH3 is 1. The topological polar surface area (TPSA) is 29.5 Å². The summed E-state index contributed by atoms with van der Waals surface area (Å²) in [6.45, 7) is 0. The maximum Gasteiger partial charge on any atom is 0.142 e. The first-order valence-electron chi connectivity index (χ1n) is 6.34. The summed E-state index contributed by atoms with van der Waals surface area (Å²) in [5.41, 5.74) is 1.52. The summed E-state index contributed by atoms with van der Waals surface area (Å²) in [5.74, 6) is 0.269. The van der Waals surface area contributed by atoms with E-state index >= 15 is 0 Å². The van der Waals surface area contributed by atoms with E-state index in [1.165, 1.54) is 6.07 Å². The van der Waals surface area contributed by atoms with Gasteiger partial charge in [0, 0.05) is 12.8 Å². The minimum atomic E-state index is -0.648. The smallest absolute Gasteiger partial charge is 0.142 e. The normalized spacial score (nSPS) is 12.2. The number of hydrogen-bond acceptors (Lipinski definition) is 2. The third-order valence-corrected chi connectivity index (χ3v) is 3.56. The lowest BCUT2D eigenvalue weighted by Crippen LogP contribution is -2.15. The highest BCUT2D eigenvalue weighted by Crippen LogP contribution is 2.24. The summed E-state index contributed by atoms with van der Waals surface area (Å²) in [6.07, 6.45) is 0.0801. The highest BCUT2D eigenvalue weighted by molar-refractivity contribution is 6.31. The molecule has 1 N–H and O–H groups in total. The molecule has 2 nitrogen and oxygen atoms in total. The van der Waals surface area contributed by atoms with Crippen molar-refractivity contribution in [3.63, 3.8) is 0 Å². The highest BCUT2D eigenvalue weighted by atomic mass is 35.5. The molecule has 0 bridgehead atoms. The summed E-state index contributed by atoms with van der Waals surface area (Å²) < 4.78 is 18.6. The van der Waals surface area contributed by atoms with Crippen LogP contribution in [0.5, 0.6) is 5.75 Å². The Kier molecular flexibility index (Phi) is 4.99. The minimum Gasteiger partial charge on any atom is -0.496 e. The molecular formula is C16H16ClFO2. The van der Waals surface area contributed by atoms with Gasteiger partial charge in [0.25, 0.3) is 0 Å². The number of para-hydroxylation sites is 1. The van der Waals surface area contributed by atoms with Gasteiger partial charge in [0.2, 0.25) is 0 Å². The van der Waals surface area contributed by atoms with Crippen LogP contribution in [-0.4, -0.2) is 18.3 Å². The number of rotatable bonds is 5. The van der Waals surface area contributed by atoms with E-state index in [2.05, 4.69) is 0 Å². The summed E-state index contributed by atoms with van der Waals surface area (Å²) >= 11 is 5.89. The van der Waals surface area contributed by atoms with Crippen LogP contribution in [0.2, 0.25) is 5.02 Å². The molecule has 0 heterocycles. The van der Waals surface area contributed by atoms with Gasteiger partial charge >= 0.3 is 0 Å².